The van der Waals surface area contributed by atoms with Gasteiger partial charge in [0.1, 0.15) is 5.75 Å². The summed E-state index contributed by atoms with van der Waals surface area (Å²) in [5.74, 6) is 0.903. The molecule has 0 radical (unpaired) electrons. The highest BCUT2D eigenvalue weighted by Crippen LogP contribution is 2.33. The zero-order chi connectivity index (χ0) is 13.8. The summed E-state index contributed by atoms with van der Waals surface area (Å²) in [6.45, 7) is 0.580. The van der Waals surface area contributed by atoms with Crippen molar-refractivity contribution in [2.24, 2.45) is 0 Å². The highest BCUT2D eigenvalue weighted by atomic mass is 16.6. The van der Waals surface area contributed by atoms with E-state index < -0.39 is 0 Å². The molecule has 3 rings (SSSR count). The van der Waals surface area contributed by atoms with E-state index in [1.807, 2.05) is 24.3 Å². The first-order valence-electron chi connectivity index (χ1n) is 6.95. The van der Waals surface area contributed by atoms with Crippen molar-refractivity contribution < 1.29 is 9.57 Å². The van der Waals surface area contributed by atoms with Crippen LogP contribution in [0.15, 0.2) is 48.5 Å². The summed E-state index contributed by atoms with van der Waals surface area (Å²) in [4.78, 5) is 5.64. The number of hydrogen-bond acceptors (Lipinski definition) is 3. The highest BCUT2D eigenvalue weighted by molar-refractivity contribution is 5.40. The lowest BCUT2D eigenvalue weighted by atomic mass is 10.1. The van der Waals surface area contributed by atoms with Crippen molar-refractivity contribution in [3.8, 4) is 5.75 Å². The van der Waals surface area contributed by atoms with E-state index in [0.29, 0.717) is 6.61 Å². The first-order chi connectivity index (χ1) is 9.86. The molecule has 104 valence electrons. The van der Waals surface area contributed by atoms with Crippen molar-refractivity contribution >= 4 is 0 Å². The number of benzene rings is 2. The van der Waals surface area contributed by atoms with Gasteiger partial charge in [0.15, 0.2) is 0 Å². The normalized spacial score (nSPS) is 16.9. The van der Waals surface area contributed by atoms with Crippen molar-refractivity contribution in [1.29, 1.82) is 0 Å². The van der Waals surface area contributed by atoms with E-state index in [-0.39, 0.29) is 6.04 Å². The van der Waals surface area contributed by atoms with Gasteiger partial charge in [-0.05, 0) is 41.7 Å². The number of ether oxygens (including phenoxy) is 1. The van der Waals surface area contributed by atoms with Gasteiger partial charge in [0.25, 0.3) is 0 Å². The first kappa shape index (κ1) is 13.2. The van der Waals surface area contributed by atoms with E-state index >= 15 is 0 Å². The van der Waals surface area contributed by atoms with Gasteiger partial charge in [0, 0.05) is 0 Å². The van der Waals surface area contributed by atoms with Gasteiger partial charge >= 0.3 is 0 Å². The molecule has 1 atom stereocenters. The molecule has 3 nitrogen and oxygen atoms in total. The molecule has 1 aliphatic carbocycles. The molecule has 0 aromatic heterocycles. The van der Waals surface area contributed by atoms with E-state index in [0.717, 1.165) is 18.6 Å². The maximum Gasteiger partial charge on any atom is 0.119 e. The number of nitrogens with one attached hydrogen (secondary N) is 1. The number of methoxy groups -OCH3 is 1. The monoisotopic (exact) mass is 269 g/mol. The topological polar surface area (TPSA) is 30.5 Å². The molecular formula is C17H19NO2. The molecule has 0 saturated carbocycles. The summed E-state index contributed by atoms with van der Waals surface area (Å²) in [5, 5.41) is 0. The summed E-state index contributed by atoms with van der Waals surface area (Å²) in [7, 11) is 1.70. The number of hydroxylamine groups is 1. The molecular weight excluding hydrogens is 250 g/mol. The largest absolute Gasteiger partial charge is 0.497 e. The molecule has 0 bridgehead atoms. The third-order valence-corrected chi connectivity index (χ3v) is 3.74. The SMILES string of the molecule is COc1ccc2c(c1)C(NOCc1ccccc1)CC2. The second-order valence-corrected chi connectivity index (χ2v) is 5.05. The van der Waals surface area contributed by atoms with Crippen LogP contribution in [0.4, 0.5) is 0 Å². The Morgan fingerprint density at radius 3 is 2.80 bits per heavy atom. The molecule has 1 aliphatic rings. The Labute approximate surface area is 119 Å². The van der Waals surface area contributed by atoms with Crippen molar-refractivity contribution in [2.45, 2.75) is 25.5 Å². The summed E-state index contributed by atoms with van der Waals surface area (Å²) < 4.78 is 5.29. The quantitative estimate of drug-likeness (QED) is 0.844. The number of rotatable bonds is 5. The number of hydrogen-bond donors (Lipinski definition) is 1. The predicted molar refractivity (Wildman–Crippen MR) is 78.4 cm³/mol. The van der Waals surface area contributed by atoms with E-state index in [2.05, 4.69) is 29.7 Å². The van der Waals surface area contributed by atoms with Gasteiger partial charge in [-0.1, -0.05) is 36.4 Å². The third kappa shape index (κ3) is 2.84. The number of aryl methyl sites for hydroxylation is 1. The van der Waals surface area contributed by atoms with Crippen LogP contribution in [0.3, 0.4) is 0 Å². The molecule has 0 fully saturated rings. The minimum Gasteiger partial charge on any atom is -0.497 e. The van der Waals surface area contributed by atoms with Crippen LogP contribution >= 0.6 is 0 Å². The van der Waals surface area contributed by atoms with Crippen molar-refractivity contribution in [1.82, 2.24) is 5.48 Å². The maximum absolute atomic E-state index is 5.64. The van der Waals surface area contributed by atoms with Crippen molar-refractivity contribution in [2.75, 3.05) is 7.11 Å². The van der Waals surface area contributed by atoms with Gasteiger partial charge in [0.05, 0.1) is 19.8 Å². The van der Waals surface area contributed by atoms with E-state index in [4.69, 9.17) is 9.57 Å². The van der Waals surface area contributed by atoms with Crippen molar-refractivity contribution in [3.05, 3.63) is 65.2 Å². The smallest absolute Gasteiger partial charge is 0.119 e. The lowest BCUT2D eigenvalue weighted by molar-refractivity contribution is 0.00329. The van der Waals surface area contributed by atoms with Gasteiger partial charge in [0.2, 0.25) is 0 Å². The molecule has 1 N–H and O–H groups in total. The van der Waals surface area contributed by atoms with E-state index in [1.165, 1.54) is 16.7 Å². The molecule has 0 spiro atoms. The molecule has 0 aliphatic heterocycles. The average Bonchev–Trinajstić information content (AvgIpc) is 2.91. The van der Waals surface area contributed by atoms with Crippen LogP contribution in [0, 0.1) is 0 Å². The predicted octanol–water partition coefficient (Wildman–Crippen LogP) is 3.40. The van der Waals surface area contributed by atoms with Crippen molar-refractivity contribution in [3.63, 3.8) is 0 Å². The summed E-state index contributed by atoms with van der Waals surface area (Å²) >= 11 is 0. The lowest BCUT2D eigenvalue weighted by Gasteiger charge is -2.14. The fourth-order valence-corrected chi connectivity index (χ4v) is 2.63. The molecule has 3 heteroatoms. The molecule has 2 aromatic carbocycles. The molecule has 0 amide bonds. The zero-order valence-corrected chi connectivity index (χ0v) is 11.6. The van der Waals surface area contributed by atoms with E-state index in [1.54, 1.807) is 7.11 Å². The minimum atomic E-state index is 0.254. The Balaban J connectivity index is 1.60. The summed E-state index contributed by atoms with van der Waals surface area (Å²) in [5.41, 5.74) is 7.02. The maximum atomic E-state index is 5.64. The fraction of sp³-hybridized carbons (Fsp3) is 0.294. The summed E-state index contributed by atoms with van der Waals surface area (Å²) in [6.07, 6.45) is 2.16. The van der Waals surface area contributed by atoms with Gasteiger partial charge in [-0.2, -0.15) is 5.48 Å². The molecule has 20 heavy (non-hydrogen) atoms. The van der Waals surface area contributed by atoms with E-state index in [9.17, 15) is 0 Å². The van der Waals surface area contributed by atoms with Crippen LogP contribution < -0.4 is 10.2 Å². The molecule has 1 unspecified atom stereocenters. The fourth-order valence-electron chi connectivity index (χ4n) is 2.63. The van der Waals surface area contributed by atoms with Crippen LogP contribution in [-0.2, 0) is 17.9 Å². The Bertz CT molecular complexity index is 568. The number of fused-ring (bicyclic) bond motifs is 1. The van der Waals surface area contributed by atoms with Crippen LogP contribution in [0.2, 0.25) is 0 Å². The van der Waals surface area contributed by atoms with Gasteiger partial charge in [-0.15, -0.1) is 0 Å². The van der Waals surface area contributed by atoms with Gasteiger partial charge in [-0.3, -0.25) is 4.84 Å². The Hall–Kier alpha value is -1.84. The van der Waals surface area contributed by atoms with Gasteiger partial charge < -0.3 is 4.74 Å². The summed E-state index contributed by atoms with van der Waals surface area (Å²) in [6, 6.07) is 16.7. The second-order valence-electron chi connectivity index (χ2n) is 5.05. The molecule has 0 heterocycles. The average molecular weight is 269 g/mol. The lowest BCUT2D eigenvalue weighted by Crippen LogP contribution is -2.19. The highest BCUT2D eigenvalue weighted by Gasteiger charge is 2.22. The zero-order valence-electron chi connectivity index (χ0n) is 11.6. The standard InChI is InChI=1S/C17H19NO2/c1-19-15-9-7-14-8-10-17(16(14)11-15)18-20-12-13-5-3-2-4-6-13/h2-7,9,11,17-18H,8,10,12H2,1H3. The first-order valence-corrected chi connectivity index (χ1v) is 6.95. The second kappa shape index (κ2) is 6.07. The molecule has 0 saturated heterocycles. The minimum absolute atomic E-state index is 0.254. The third-order valence-electron chi connectivity index (χ3n) is 3.74. The Morgan fingerprint density at radius 2 is 2.00 bits per heavy atom. The van der Waals surface area contributed by atoms with Gasteiger partial charge in [-0.25, -0.2) is 0 Å². The van der Waals surface area contributed by atoms with Crippen LogP contribution in [0.25, 0.3) is 0 Å². The Morgan fingerprint density at radius 1 is 1.15 bits per heavy atom. The Kier molecular flexibility index (Phi) is 4.00. The van der Waals surface area contributed by atoms with Crippen LogP contribution in [0.1, 0.15) is 29.2 Å². The molecule has 2 aromatic rings. The van der Waals surface area contributed by atoms with Crippen LogP contribution in [-0.4, -0.2) is 7.11 Å². The van der Waals surface area contributed by atoms with Crippen LogP contribution in [0.5, 0.6) is 5.75 Å².